The lowest BCUT2D eigenvalue weighted by Gasteiger charge is -2.08. The number of aromatic nitrogens is 2. The number of halogens is 2. The van der Waals surface area contributed by atoms with Crippen molar-refractivity contribution in [3.63, 3.8) is 0 Å². The van der Waals surface area contributed by atoms with Gasteiger partial charge in [0.05, 0.1) is 0 Å². The Morgan fingerprint density at radius 3 is 2.41 bits per heavy atom. The van der Waals surface area contributed by atoms with Crippen LogP contribution in [0.3, 0.4) is 0 Å². The van der Waals surface area contributed by atoms with E-state index in [4.69, 9.17) is 11.6 Å². The molecular formula is C13H12BrClN2. The molecule has 88 valence electrons. The average Bonchev–Trinajstić information content (AvgIpc) is 2.25. The third-order valence-corrected chi connectivity index (χ3v) is 3.62. The van der Waals surface area contributed by atoms with Gasteiger partial charge in [0.2, 0.25) is 0 Å². The van der Waals surface area contributed by atoms with Gasteiger partial charge < -0.3 is 0 Å². The second kappa shape index (κ2) is 4.75. The van der Waals surface area contributed by atoms with E-state index in [9.17, 15) is 0 Å². The first-order valence-corrected chi connectivity index (χ1v) is 6.43. The van der Waals surface area contributed by atoms with Gasteiger partial charge >= 0.3 is 0 Å². The van der Waals surface area contributed by atoms with Gasteiger partial charge in [0.15, 0.2) is 5.82 Å². The van der Waals surface area contributed by atoms with Crippen molar-refractivity contribution in [1.82, 2.24) is 9.97 Å². The molecule has 0 atom stereocenters. The molecule has 4 heteroatoms. The Labute approximate surface area is 114 Å². The van der Waals surface area contributed by atoms with Gasteiger partial charge in [-0.3, -0.25) is 0 Å². The summed E-state index contributed by atoms with van der Waals surface area (Å²) in [5, 5.41) is 0.523. The van der Waals surface area contributed by atoms with Crippen LogP contribution >= 0.6 is 27.5 Å². The lowest BCUT2D eigenvalue weighted by Crippen LogP contribution is -1.97. The van der Waals surface area contributed by atoms with Crippen LogP contribution in [-0.2, 0) is 0 Å². The Kier molecular flexibility index (Phi) is 3.50. The van der Waals surface area contributed by atoms with E-state index in [1.165, 1.54) is 0 Å². The predicted octanol–water partition coefficient (Wildman–Crippen LogP) is 4.48. The Balaban J connectivity index is 2.61. The molecule has 1 heterocycles. The Bertz CT molecular complexity index is 559. The third kappa shape index (κ3) is 2.50. The molecule has 0 unspecified atom stereocenters. The summed E-state index contributed by atoms with van der Waals surface area (Å²) >= 11 is 9.53. The average molecular weight is 312 g/mol. The topological polar surface area (TPSA) is 25.8 Å². The lowest BCUT2D eigenvalue weighted by atomic mass is 10.1. The molecule has 0 radical (unpaired) electrons. The zero-order chi connectivity index (χ0) is 12.6. The molecular weight excluding hydrogens is 300 g/mol. The van der Waals surface area contributed by atoms with Gasteiger partial charge in [0.1, 0.15) is 5.15 Å². The molecule has 17 heavy (non-hydrogen) atoms. The maximum absolute atomic E-state index is 6.09. The van der Waals surface area contributed by atoms with Crippen LogP contribution in [0.5, 0.6) is 0 Å². The molecule has 0 fully saturated rings. The first kappa shape index (κ1) is 12.5. The maximum Gasteiger partial charge on any atom is 0.161 e. The van der Waals surface area contributed by atoms with E-state index in [0.717, 1.165) is 26.9 Å². The van der Waals surface area contributed by atoms with Crippen LogP contribution in [0.25, 0.3) is 11.4 Å². The molecule has 2 rings (SSSR count). The smallest absolute Gasteiger partial charge is 0.161 e. The quantitative estimate of drug-likeness (QED) is 0.725. The summed E-state index contributed by atoms with van der Waals surface area (Å²) in [6.07, 6.45) is 0. The number of hydrogen-bond acceptors (Lipinski definition) is 2. The SMILES string of the molecule is Cc1cc(Br)ccc1-c1nc(C)c(C)c(Cl)n1. The van der Waals surface area contributed by atoms with Crippen molar-refractivity contribution in [2.24, 2.45) is 0 Å². The molecule has 0 spiro atoms. The Hall–Kier alpha value is -0.930. The first-order chi connectivity index (χ1) is 7.99. The highest BCUT2D eigenvalue weighted by atomic mass is 79.9. The highest BCUT2D eigenvalue weighted by molar-refractivity contribution is 9.10. The standard InChI is InChI=1S/C13H12BrClN2/c1-7-6-10(14)4-5-11(7)13-16-9(3)8(2)12(15)17-13/h4-6H,1-3H3. The van der Waals surface area contributed by atoms with E-state index in [2.05, 4.69) is 25.9 Å². The van der Waals surface area contributed by atoms with E-state index < -0.39 is 0 Å². The molecule has 0 saturated heterocycles. The molecule has 0 saturated carbocycles. The van der Waals surface area contributed by atoms with Gasteiger partial charge in [-0.1, -0.05) is 27.5 Å². The number of benzene rings is 1. The molecule has 1 aromatic carbocycles. The van der Waals surface area contributed by atoms with E-state index in [-0.39, 0.29) is 0 Å². The summed E-state index contributed by atoms with van der Waals surface area (Å²) in [6.45, 7) is 5.91. The second-order valence-electron chi connectivity index (χ2n) is 4.01. The van der Waals surface area contributed by atoms with Gasteiger partial charge in [-0.15, -0.1) is 0 Å². The zero-order valence-electron chi connectivity index (χ0n) is 9.88. The number of aryl methyl sites for hydroxylation is 2. The van der Waals surface area contributed by atoms with Crippen molar-refractivity contribution >= 4 is 27.5 Å². The molecule has 0 amide bonds. The van der Waals surface area contributed by atoms with Gasteiger partial charge in [-0.05, 0) is 44.5 Å². The maximum atomic E-state index is 6.09. The van der Waals surface area contributed by atoms with Gasteiger partial charge in [-0.25, -0.2) is 9.97 Å². The van der Waals surface area contributed by atoms with Crippen molar-refractivity contribution < 1.29 is 0 Å². The van der Waals surface area contributed by atoms with Gasteiger partial charge in [-0.2, -0.15) is 0 Å². The fourth-order valence-electron chi connectivity index (χ4n) is 1.59. The van der Waals surface area contributed by atoms with Crippen LogP contribution in [-0.4, -0.2) is 9.97 Å². The molecule has 0 aliphatic heterocycles. The van der Waals surface area contributed by atoms with E-state index in [1.807, 2.05) is 39.0 Å². The number of hydrogen-bond donors (Lipinski definition) is 0. The molecule has 2 aromatic rings. The summed E-state index contributed by atoms with van der Waals surface area (Å²) in [5.41, 5.74) is 3.99. The third-order valence-electron chi connectivity index (χ3n) is 2.76. The lowest BCUT2D eigenvalue weighted by molar-refractivity contribution is 1.07. The van der Waals surface area contributed by atoms with Gasteiger partial charge in [0, 0.05) is 21.3 Å². The molecule has 2 nitrogen and oxygen atoms in total. The normalized spacial score (nSPS) is 10.6. The van der Waals surface area contributed by atoms with Crippen LogP contribution in [0.1, 0.15) is 16.8 Å². The van der Waals surface area contributed by atoms with Crippen LogP contribution in [0.2, 0.25) is 5.15 Å². The minimum Gasteiger partial charge on any atom is -0.233 e. The predicted molar refractivity (Wildman–Crippen MR) is 74.4 cm³/mol. The van der Waals surface area contributed by atoms with E-state index in [1.54, 1.807) is 0 Å². The summed E-state index contributed by atoms with van der Waals surface area (Å²) in [7, 11) is 0. The fourth-order valence-corrected chi connectivity index (χ4v) is 2.28. The monoisotopic (exact) mass is 310 g/mol. The van der Waals surface area contributed by atoms with E-state index in [0.29, 0.717) is 11.0 Å². The van der Waals surface area contributed by atoms with Crippen molar-refractivity contribution in [2.75, 3.05) is 0 Å². The van der Waals surface area contributed by atoms with Crippen molar-refractivity contribution in [3.05, 3.63) is 44.6 Å². The highest BCUT2D eigenvalue weighted by Gasteiger charge is 2.10. The van der Waals surface area contributed by atoms with Crippen LogP contribution in [0.4, 0.5) is 0 Å². The fraction of sp³-hybridized carbons (Fsp3) is 0.231. The second-order valence-corrected chi connectivity index (χ2v) is 5.28. The summed E-state index contributed by atoms with van der Waals surface area (Å²) in [6, 6.07) is 6.02. The van der Waals surface area contributed by atoms with E-state index >= 15 is 0 Å². The summed E-state index contributed by atoms with van der Waals surface area (Å²) < 4.78 is 1.05. The Morgan fingerprint density at radius 2 is 1.82 bits per heavy atom. The Morgan fingerprint density at radius 1 is 1.12 bits per heavy atom. The van der Waals surface area contributed by atoms with Crippen LogP contribution in [0.15, 0.2) is 22.7 Å². The highest BCUT2D eigenvalue weighted by Crippen LogP contribution is 2.26. The minimum atomic E-state index is 0.523. The zero-order valence-corrected chi connectivity index (χ0v) is 12.2. The van der Waals surface area contributed by atoms with Crippen LogP contribution in [0, 0.1) is 20.8 Å². The largest absolute Gasteiger partial charge is 0.233 e. The first-order valence-electron chi connectivity index (χ1n) is 5.26. The van der Waals surface area contributed by atoms with Crippen LogP contribution < -0.4 is 0 Å². The molecule has 0 aliphatic rings. The van der Waals surface area contributed by atoms with Crippen molar-refractivity contribution in [1.29, 1.82) is 0 Å². The number of nitrogens with zero attached hydrogens (tertiary/aromatic N) is 2. The summed E-state index contributed by atoms with van der Waals surface area (Å²) in [4.78, 5) is 8.82. The van der Waals surface area contributed by atoms with Crippen molar-refractivity contribution in [3.8, 4) is 11.4 Å². The molecule has 1 aromatic heterocycles. The summed E-state index contributed by atoms with van der Waals surface area (Å²) in [5.74, 6) is 0.683. The molecule has 0 bridgehead atoms. The minimum absolute atomic E-state index is 0.523. The molecule has 0 aliphatic carbocycles. The van der Waals surface area contributed by atoms with Crippen molar-refractivity contribution in [2.45, 2.75) is 20.8 Å². The number of rotatable bonds is 1. The van der Waals surface area contributed by atoms with Gasteiger partial charge in [0.25, 0.3) is 0 Å². The molecule has 0 N–H and O–H groups in total.